The van der Waals surface area contributed by atoms with Crippen LogP contribution in [0.3, 0.4) is 0 Å². The zero-order valence-electron chi connectivity index (χ0n) is 13.0. The maximum Gasteiger partial charge on any atom is 0.129 e. The second kappa shape index (κ2) is 8.56. The van der Waals surface area contributed by atoms with Crippen LogP contribution in [0.1, 0.15) is 26.2 Å². The van der Waals surface area contributed by atoms with E-state index in [-0.39, 0.29) is 11.4 Å². The summed E-state index contributed by atoms with van der Waals surface area (Å²) in [7, 11) is -1.32. The van der Waals surface area contributed by atoms with Gasteiger partial charge in [-0.25, -0.2) is 0 Å². The van der Waals surface area contributed by atoms with Crippen LogP contribution in [0.4, 0.5) is 0 Å². The van der Waals surface area contributed by atoms with Crippen molar-refractivity contribution >= 4 is 19.8 Å². The average Bonchev–Trinajstić information content (AvgIpc) is 2.37. The van der Waals surface area contributed by atoms with Crippen LogP contribution in [0.5, 0.6) is 0 Å². The number of thioether (sulfide) groups is 1. The zero-order chi connectivity index (χ0) is 15.0. The molecule has 0 unspecified atom stereocenters. The molecule has 0 fully saturated rings. The van der Waals surface area contributed by atoms with Crippen molar-refractivity contribution in [2.45, 2.75) is 62.1 Å². The second-order valence-electron chi connectivity index (χ2n) is 6.08. The Bertz CT molecular complexity index is 442. The van der Waals surface area contributed by atoms with Gasteiger partial charge in [-0.2, -0.15) is 0 Å². The molecule has 0 heterocycles. The fraction of sp³-hybridized carbons (Fsp3) is 0.529. The molecule has 0 aromatic heterocycles. The van der Waals surface area contributed by atoms with Gasteiger partial charge in [0, 0.05) is 16.6 Å². The van der Waals surface area contributed by atoms with Gasteiger partial charge in [-0.05, 0) is 18.6 Å². The lowest BCUT2D eigenvalue weighted by Crippen LogP contribution is -2.23. The summed E-state index contributed by atoms with van der Waals surface area (Å²) in [5.74, 6) is 3.32. The Kier molecular flexibility index (Phi) is 7.43. The van der Waals surface area contributed by atoms with Gasteiger partial charge in [-0.1, -0.05) is 51.2 Å². The van der Waals surface area contributed by atoms with E-state index in [4.69, 9.17) is 0 Å². The van der Waals surface area contributed by atoms with E-state index in [1.165, 1.54) is 4.90 Å². The highest BCUT2D eigenvalue weighted by Crippen LogP contribution is 2.28. The van der Waals surface area contributed by atoms with E-state index in [0.29, 0.717) is 0 Å². The molecule has 1 rings (SSSR count). The molecule has 0 spiro atoms. The standard InChI is InChI=1S/C17H26OSSi/c1-5-10-16(18)17(13-9-14-20(2,3)4)19-15-11-7-6-8-12-15/h6-8,11-12,16-18H,5,10,13H2,1-4H3/t16-,17-/m0/s1. The molecule has 0 aliphatic carbocycles. The number of aliphatic hydroxyl groups is 1. The van der Waals surface area contributed by atoms with Crippen LogP contribution in [0.15, 0.2) is 35.2 Å². The van der Waals surface area contributed by atoms with Crippen molar-refractivity contribution < 1.29 is 5.11 Å². The van der Waals surface area contributed by atoms with Gasteiger partial charge in [-0.15, -0.1) is 23.2 Å². The largest absolute Gasteiger partial charge is 0.392 e. The minimum Gasteiger partial charge on any atom is -0.392 e. The van der Waals surface area contributed by atoms with Crippen molar-refractivity contribution in [3.05, 3.63) is 30.3 Å². The molecule has 3 heteroatoms. The van der Waals surface area contributed by atoms with E-state index < -0.39 is 8.07 Å². The molecule has 0 aliphatic rings. The summed E-state index contributed by atoms with van der Waals surface area (Å²) in [6.45, 7) is 8.87. The highest BCUT2D eigenvalue weighted by molar-refractivity contribution is 8.00. The molecular formula is C17H26OSSi. The van der Waals surface area contributed by atoms with Crippen molar-refractivity contribution in [1.29, 1.82) is 0 Å². The summed E-state index contributed by atoms with van der Waals surface area (Å²) >= 11 is 1.75. The summed E-state index contributed by atoms with van der Waals surface area (Å²) in [6, 6.07) is 10.3. The van der Waals surface area contributed by atoms with Crippen LogP contribution >= 0.6 is 11.8 Å². The Morgan fingerprint density at radius 1 is 1.20 bits per heavy atom. The fourth-order valence-electron chi connectivity index (χ4n) is 1.83. The lowest BCUT2D eigenvalue weighted by molar-refractivity contribution is 0.161. The third-order valence-electron chi connectivity index (χ3n) is 2.81. The Morgan fingerprint density at radius 3 is 2.40 bits per heavy atom. The average molecular weight is 307 g/mol. The van der Waals surface area contributed by atoms with E-state index in [1.54, 1.807) is 11.8 Å². The molecule has 20 heavy (non-hydrogen) atoms. The molecular weight excluding hydrogens is 280 g/mol. The molecule has 1 N–H and O–H groups in total. The van der Waals surface area contributed by atoms with Crippen LogP contribution in [0, 0.1) is 11.5 Å². The number of rotatable bonds is 6. The minimum absolute atomic E-state index is 0.168. The first-order valence-electron chi connectivity index (χ1n) is 7.32. The van der Waals surface area contributed by atoms with Gasteiger partial charge in [0.05, 0.1) is 6.10 Å². The van der Waals surface area contributed by atoms with E-state index in [9.17, 15) is 5.11 Å². The minimum atomic E-state index is -1.32. The first-order valence-corrected chi connectivity index (χ1v) is 11.7. The quantitative estimate of drug-likeness (QED) is 0.471. The molecule has 0 aliphatic heterocycles. The van der Waals surface area contributed by atoms with Crippen LogP contribution < -0.4 is 0 Å². The summed E-state index contributed by atoms with van der Waals surface area (Å²) in [5, 5.41) is 10.5. The Hall–Kier alpha value is -0.693. The summed E-state index contributed by atoms with van der Waals surface area (Å²) < 4.78 is 0. The smallest absolute Gasteiger partial charge is 0.129 e. The van der Waals surface area contributed by atoms with Crippen LogP contribution in [-0.2, 0) is 0 Å². The summed E-state index contributed by atoms with van der Waals surface area (Å²) in [6.07, 6.45) is 2.35. The third-order valence-corrected chi connectivity index (χ3v) is 5.07. The second-order valence-corrected chi connectivity index (χ2v) is 12.1. The Morgan fingerprint density at radius 2 is 1.85 bits per heavy atom. The highest BCUT2D eigenvalue weighted by Gasteiger charge is 2.19. The molecule has 1 nitrogen and oxygen atoms in total. The van der Waals surface area contributed by atoms with Gasteiger partial charge in [0.2, 0.25) is 0 Å². The normalized spacial score (nSPS) is 14.2. The van der Waals surface area contributed by atoms with Crippen molar-refractivity contribution in [3.63, 3.8) is 0 Å². The number of hydrogen-bond donors (Lipinski definition) is 1. The third kappa shape index (κ3) is 7.19. The molecule has 2 atom stereocenters. The topological polar surface area (TPSA) is 20.2 Å². The van der Waals surface area contributed by atoms with E-state index in [0.717, 1.165) is 19.3 Å². The zero-order valence-corrected chi connectivity index (χ0v) is 14.8. The molecule has 0 bridgehead atoms. The molecule has 1 aromatic rings. The van der Waals surface area contributed by atoms with Crippen LogP contribution in [0.25, 0.3) is 0 Å². The maximum absolute atomic E-state index is 10.3. The predicted molar refractivity (Wildman–Crippen MR) is 92.7 cm³/mol. The number of hydrogen-bond acceptors (Lipinski definition) is 2. The van der Waals surface area contributed by atoms with Gasteiger partial charge in [0.15, 0.2) is 0 Å². The van der Waals surface area contributed by atoms with Crippen molar-refractivity contribution in [2.75, 3.05) is 0 Å². The maximum atomic E-state index is 10.3. The summed E-state index contributed by atoms with van der Waals surface area (Å²) in [4.78, 5) is 1.21. The van der Waals surface area contributed by atoms with Gasteiger partial charge in [0.1, 0.15) is 8.07 Å². The lowest BCUT2D eigenvalue weighted by Gasteiger charge is -2.20. The van der Waals surface area contributed by atoms with Crippen LogP contribution in [-0.4, -0.2) is 24.5 Å². The van der Waals surface area contributed by atoms with E-state index >= 15 is 0 Å². The van der Waals surface area contributed by atoms with E-state index in [1.807, 2.05) is 18.2 Å². The lowest BCUT2D eigenvalue weighted by atomic mass is 10.1. The molecule has 1 aromatic carbocycles. The molecule has 0 radical (unpaired) electrons. The SMILES string of the molecule is CCC[C@H](O)[C@H](CC#C[Si](C)(C)C)Sc1ccccc1. The van der Waals surface area contributed by atoms with Gasteiger partial charge >= 0.3 is 0 Å². The summed E-state index contributed by atoms with van der Waals surface area (Å²) in [5.41, 5.74) is 3.40. The number of aliphatic hydroxyl groups excluding tert-OH is 1. The molecule has 0 amide bonds. The molecule has 0 saturated carbocycles. The predicted octanol–water partition coefficient (Wildman–Crippen LogP) is 4.58. The Balaban J connectivity index is 2.72. The number of benzene rings is 1. The molecule has 0 saturated heterocycles. The first-order chi connectivity index (χ1) is 9.42. The van der Waals surface area contributed by atoms with Gasteiger partial charge in [0.25, 0.3) is 0 Å². The van der Waals surface area contributed by atoms with Crippen LogP contribution in [0.2, 0.25) is 19.6 Å². The first kappa shape index (κ1) is 17.4. The highest BCUT2D eigenvalue weighted by atomic mass is 32.2. The van der Waals surface area contributed by atoms with E-state index in [2.05, 4.69) is 50.2 Å². The Labute approximate surface area is 129 Å². The van der Waals surface area contributed by atoms with Crippen molar-refractivity contribution in [2.24, 2.45) is 0 Å². The van der Waals surface area contributed by atoms with Gasteiger partial charge in [-0.3, -0.25) is 0 Å². The van der Waals surface area contributed by atoms with Crippen molar-refractivity contribution in [1.82, 2.24) is 0 Å². The molecule has 110 valence electrons. The van der Waals surface area contributed by atoms with Gasteiger partial charge < -0.3 is 5.11 Å². The van der Waals surface area contributed by atoms with Crippen molar-refractivity contribution in [3.8, 4) is 11.5 Å². The monoisotopic (exact) mass is 306 g/mol. The fourth-order valence-corrected chi connectivity index (χ4v) is 3.58.